The number of nitrogens with zero attached hydrogens (tertiary/aromatic N) is 3. The lowest BCUT2D eigenvalue weighted by atomic mass is 10.2. The number of benzene rings is 1. The van der Waals surface area contributed by atoms with Crippen molar-refractivity contribution in [1.82, 2.24) is 9.97 Å². The first kappa shape index (κ1) is 14.4. The molecule has 0 N–H and O–H groups in total. The highest BCUT2D eigenvalue weighted by molar-refractivity contribution is 5.56. The summed E-state index contributed by atoms with van der Waals surface area (Å²) in [5.74, 6) is 0.951. The Bertz CT molecular complexity index is 668. The minimum absolute atomic E-state index is 0.0117. The Balaban J connectivity index is 2.24. The summed E-state index contributed by atoms with van der Waals surface area (Å²) in [7, 11) is 1.53. The van der Waals surface area contributed by atoms with E-state index in [-0.39, 0.29) is 11.7 Å². The molecule has 0 radical (unpaired) electrons. The molecule has 0 spiro atoms. The zero-order valence-electron chi connectivity index (χ0n) is 11.5. The number of aromatic nitrogens is 2. The number of hydrogen-bond acceptors (Lipinski definition) is 6. The molecule has 1 heterocycles. The van der Waals surface area contributed by atoms with Crippen LogP contribution in [0.3, 0.4) is 0 Å². The topological polar surface area (TPSA) is 87.4 Å². The Morgan fingerprint density at radius 2 is 1.95 bits per heavy atom. The van der Waals surface area contributed by atoms with Gasteiger partial charge in [0.15, 0.2) is 11.5 Å². The van der Waals surface area contributed by atoms with Crippen LogP contribution in [0.2, 0.25) is 0 Å². The average molecular weight is 287 g/mol. The second-order valence-electron chi connectivity index (χ2n) is 3.99. The minimum atomic E-state index is -0.573. The molecule has 21 heavy (non-hydrogen) atoms. The predicted octanol–water partition coefficient (Wildman–Crippen LogP) is 3.22. The maximum Gasteiger partial charge on any atom is 0.322 e. The molecule has 0 aliphatic heterocycles. The summed E-state index contributed by atoms with van der Waals surface area (Å²) < 4.78 is 10.7. The van der Waals surface area contributed by atoms with Gasteiger partial charge in [-0.1, -0.05) is 18.2 Å². The summed E-state index contributed by atoms with van der Waals surface area (Å²) in [5, 5.41) is 10.5. The molecule has 1 aromatic carbocycles. The zero-order valence-corrected chi connectivity index (χ0v) is 11.5. The third-order valence-electron chi connectivity index (χ3n) is 2.57. The fourth-order valence-corrected chi connectivity index (χ4v) is 1.62. The maximum atomic E-state index is 10.5. The normalized spacial score (nSPS) is 10.6. The predicted molar refractivity (Wildman–Crippen MR) is 76.5 cm³/mol. The number of methoxy groups -OCH3 is 1. The van der Waals surface area contributed by atoms with Gasteiger partial charge >= 0.3 is 11.7 Å². The van der Waals surface area contributed by atoms with Crippen molar-refractivity contribution in [3.63, 3.8) is 0 Å². The first-order chi connectivity index (χ1) is 10.1. The van der Waals surface area contributed by atoms with E-state index in [1.54, 1.807) is 12.1 Å². The quantitative estimate of drug-likeness (QED) is 0.619. The Hall–Kier alpha value is -2.96. The molecular formula is C14H13N3O4. The monoisotopic (exact) mass is 287 g/mol. The van der Waals surface area contributed by atoms with Gasteiger partial charge in [0.1, 0.15) is 12.4 Å². The van der Waals surface area contributed by atoms with Crippen molar-refractivity contribution < 1.29 is 14.4 Å². The fourth-order valence-electron chi connectivity index (χ4n) is 1.62. The molecule has 2 rings (SSSR count). The van der Waals surface area contributed by atoms with E-state index in [9.17, 15) is 10.1 Å². The van der Waals surface area contributed by atoms with Gasteiger partial charge in [0.2, 0.25) is 0 Å². The van der Waals surface area contributed by atoms with Crippen LogP contribution in [0.5, 0.6) is 17.5 Å². The maximum absolute atomic E-state index is 10.5. The highest BCUT2D eigenvalue weighted by Gasteiger charge is 2.11. The molecule has 0 aliphatic carbocycles. The molecule has 7 heteroatoms. The van der Waals surface area contributed by atoms with E-state index in [1.807, 2.05) is 25.1 Å². The van der Waals surface area contributed by atoms with Gasteiger partial charge in [0.25, 0.3) is 0 Å². The minimum Gasteiger partial charge on any atom is -0.493 e. The van der Waals surface area contributed by atoms with Crippen LogP contribution in [0, 0.1) is 10.1 Å². The molecule has 0 saturated heterocycles. The molecule has 0 unspecified atom stereocenters. The van der Waals surface area contributed by atoms with Crippen LogP contribution >= 0.6 is 0 Å². The molecule has 108 valence electrons. The van der Waals surface area contributed by atoms with Crippen LogP contribution in [-0.2, 0) is 0 Å². The Labute approximate surface area is 121 Å². The largest absolute Gasteiger partial charge is 0.493 e. The van der Waals surface area contributed by atoms with Crippen LogP contribution < -0.4 is 9.47 Å². The molecule has 2 aromatic rings. The van der Waals surface area contributed by atoms with Crippen molar-refractivity contribution in [3.8, 4) is 17.5 Å². The average Bonchev–Trinajstić information content (AvgIpc) is 2.49. The highest BCUT2D eigenvalue weighted by atomic mass is 16.6. The molecule has 0 bridgehead atoms. The van der Waals surface area contributed by atoms with Crippen molar-refractivity contribution in [3.05, 3.63) is 52.3 Å². The van der Waals surface area contributed by atoms with Crippen molar-refractivity contribution >= 4 is 11.8 Å². The molecule has 0 aliphatic rings. The van der Waals surface area contributed by atoms with Gasteiger partial charge in [-0.05, 0) is 24.6 Å². The van der Waals surface area contributed by atoms with E-state index < -0.39 is 4.92 Å². The van der Waals surface area contributed by atoms with Crippen molar-refractivity contribution in [1.29, 1.82) is 0 Å². The highest BCUT2D eigenvalue weighted by Crippen LogP contribution is 2.31. The number of nitro groups is 1. The molecule has 7 nitrogen and oxygen atoms in total. The van der Waals surface area contributed by atoms with Gasteiger partial charge in [-0.15, -0.1) is 0 Å². The van der Waals surface area contributed by atoms with Gasteiger partial charge in [-0.25, -0.2) is 0 Å². The summed E-state index contributed by atoms with van der Waals surface area (Å²) in [4.78, 5) is 17.5. The number of hydrogen-bond donors (Lipinski definition) is 0. The first-order valence-corrected chi connectivity index (χ1v) is 6.09. The number of allylic oxidation sites excluding steroid dienone is 1. The number of ether oxygens (including phenoxy) is 2. The third-order valence-corrected chi connectivity index (χ3v) is 2.57. The molecule has 0 fully saturated rings. The summed E-state index contributed by atoms with van der Waals surface area (Å²) in [5.41, 5.74) is 0.768. The lowest BCUT2D eigenvalue weighted by Crippen LogP contribution is -1.96. The van der Waals surface area contributed by atoms with Crippen molar-refractivity contribution in [2.24, 2.45) is 0 Å². The number of rotatable bonds is 5. The summed E-state index contributed by atoms with van der Waals surface area (Å²) in [6.45, 7) is 1.92. The molecule has 0 amide bonds. The SMILES string of the molecule is C/C=C/c1ccc(Oc2ncc([N+](=O)[O-])cn2)c(OC)c1. The third kappa shape index (κ3) is 3.53. The van der Waals surface area contributed by atoms with Crippen LogP contribution in [0.25, 0.3) is 6.08 Å². The lowest BCUT2D eigenvalue weighted by Gasteiger charge is -2.09. The standard InChI is InChI=1S/C14H13N3O4/c1-3-4-10-5-6-12(13(7-10)20-2)21-14-15-8-11(9-16-14)17(18)19/h3-9H,1-2H3/b4-3+. The zero-order chi connectivity index (χ0) is 15.2. The van der Waals surface area contributed by atoms with Crippen molar-refractivity contribution in [2.75, 3.05) is 7.11 Å². The van der Waals surface area contributed by atoms with Gasteiger partial charge < -0.3 is 9.47 Å². The van der Waals surface area contributed by atoms with Crippen LogP contribution in [0.1, 0.15) is 12.5 Å². The summed E-state index contributed by atoms with van der Waals surface area (Å²) in [6, 6.07) is 5.39. The summed E-state index contributed by atoms with van der Waals surface area (Å²) >= 11 is 0. The van der Waals surface area contributed by atoms with Gasteiger partial charge in [-0.3, -0.25) is 10.1 Å². The first-order valence-electron chi connectivity index (χ1n) is 6.09. The molecule has 0 atom stereocenters. The summed E-state index contributed by atoms with van der Waals surface area (Å²) in [6.07, 6.45) is 6.01. The second-order valence-corrected chi connectivity index (χ2v) is 3.99. The van der Waals surface area contributed by atoms with Gasteiger partial charge in [0, 0.05) is 0 Å². The van der Waals surface area contributed by atoms with E-state index in [0.717, 1.165) is 18.0 Å². The Morgan fingerprint density at radius 3 is 2.52 bits per heavy atom. The Kier molecular flexibility index (Phi) is 4.45. The molecular weight excluding hydrogens is 274 g/mol. The van der Waals surface area contributed by atoms with E-state index >= 15 is 0 Å². The van der Waals surface area contributed by atoms with Crippen molar-refractivity contribution in [2.45, 2.75) is 6.92 Å². The van der Waals surface area contributed by atoms with E-state index in [0.29, 0.717) is 11.5 Å². The van der Waals surface area contributed by atoms with Gasteiger partial charge in [-0.2, -0.15) is 9.97 Å². The van der Waals surface area contributed by atoms with Crippen LogP contribution in [0.15, 0.2) is 36.7 Å². The van der Waals surface area contributed by atoms with Gasteiger partial charge in [0.05, 0.1) is 12.0 Å². The van der Waals surface area contributed by atoms with E-state index in [1.165, 1.54) is 7.11 Å². The van der Waals surface area contributed by atoms with E-state index in [2.05, 4.69) is 9.97 Å². The fraction of sp³-hybridized carbons (Fsp3) is 0.143. The second kappa shape index (κ2) is 6.47. The molecule has 1 aromatic heterocycles. The van der Waals surface area contributed by atoms with E-state index in [4.69, 9.17) is 9.47 Å². The smallest absolute Gasteiger partial charge is 0.322 e. The Morgan fingerprint density at radius 1 is 1.24 bits per heavy atom. The van der Waals surface area contributed by atoms with Crippen LogP contribution in [0.4, 0.5) is 5.69 Å². The lowest BCUT2D eigenvalue weighted by molar-refractivity contribution is -0.385. The molecule has 0 saturated carbocycles. The van der Waals surface area contributed by atoms with Crippen LogP contribution in [-0.4, -0.2) is 22.0 Å².